The molecule has 2 aliphatic heterocycles. The number of hydrogen-bond donors (Lipinski definition) is 1. The Labute approximate surface area is 156 Å². The van der Waals surface area contributed by atoms with E-state index in [-0.39, 0.29) is 23.3 Å². The number of ether oxygens (including phenoxy) is 1. The Balaban J connectivity index is 2.13. The lowest BCUT2D eigenvalue weighted by Crippen LogP contribution is -2.62. The SMILES string of the molecule is CN1C[C@@H](NC(=O)[C@@H]2N(C(=O)OC(C)(C)C)CCCC2(C)C)CCC1=O. The maximum atomic E-state index is 13.1. The molecule has 0 aliphatic carbocycles. The number of likely N-dealkylation sites (N-methyl/N-ethyl adjacent to an activating group) is 1. The van der Waals surface area contributed by atoms with Crippen LogP contribution in [0.1, 0.15) is 60.3 Å². The molecule has 1 N–H and O–H groups in total. The van der Waals surface area contributed by atoms with Gasteiger partial charge in [0.05, 0.1) is 0 Å². The fourth-order valence-corrected chi connectivity index (χ4v) is 3.82. The average Bonchev–Trinajstić information content (AvgIpc) is 2.47. The molecule has 2 heterocycles. The van der Waals surface area contributed by atoms with Crippen molar-refractivity contribution in [2.75, 3.05) is 20.1 Å². The van der Waals surface area contributed by atoms with Crippen molar-refractivity contribution in [3.05, 3.63) is 0 Å². The van der Waals surface area contributed by atoms with Gasteiger partial charge in [-0.25, -0.2) is 4.79 Å². The van der Waals surface area contributed by atoms with E-state index in [1.54, 1.807) is 16.8 Å². The molecule has 2 rings (SSSR count). The third-order valence-electron chi connectivity index (χ3n) is 5.12. The molecule has 2 aliphatic rings. The van der Waals surface area contributed by atoms with Crippen LogP contribution in [-0.4, -0.2) is 65.5 Å². The zero-order valence-electron chi connectivity index (χ0n) is 16.9. The third kappa shape index (κ3) is 4.89. The molecule has 0 radical (unpaired) electrons. The van der Waals surface area contributed by atoms with Crippen molar-refractivity contribution in [1.82, 2.24) is 15.1 Å². The highest BCUT2D eigenvalue weighted by atomic mass is 16.6. The number of piperidine rings is 2. The summed E-state index contributed by atoms with van der Waals surface area (Å²) in [4.78, 5) is 40.6. The first-order valence-electron chi connectivity index (χ1n) is 9.45. The highest BCUT2D eigenvalue weighted by Gasteiger charge is 2.46. The monoisotopic (exact) mass is 367 g/mol. The van der Waals surface area contributed by atoms with Gasteiger partial charge in [0.15, 0.2) is 0 Å². The zero-order chi connectivity index (χ0) is 19.7. The molecule has 0 aromatic heterocycles. The van der Waals surface area contributed by atoms with Crippen LogP contribution in [0.5, 0.6) is 0 Å². The van der Waals surface area contributed by atoms with Gasteiger partial charge >= 0.3 is 6.09 Å². The van der Waals surface area contributed by atoms with Crippen LogP contribution in [-0.2, 0) is 14.3 Å². The van der Waals surface area contributed by atoms with E-state index < -0.39 is 17.7 Å². The smallest absolute Gasteiger partial charge is 0.410 e. The second kappa shape index (κ2) is 7.45. The van der Waals surface area contributed by atoms with Crippen LogP contribution < -0.4 is 5.32 Å². The summed E-state index contributed by atoms with van der Waals surface area (Å²) >= 11 is 0. The van der Waals surface area contributed by atoms with Crippen LogP contribution in [0.15, 0.2) is 0 Å². The Hall–Kier alpha value is -1.79. The van der Waals surface area contributed by atoms with Gasteiger partial charge in [0.1, 0.15) is 11.6 Å². The molecule has 3 amide bonds. The topological polar surface area (TPSA) is 79.0 Å². The van der Waals surface area contributed by atoms with Crippen molar-refractivity contribution in [2.24, 2.45) is 5.41 Å². The molecule has 0 unspecified atom stereocenters. The third-order valence-corrected chi connectivity index (χ3v) is 5.12. The van der Waals surface area contributed by atoms with Crippen LogP contribution in [0.2, 0.25) is 0 Å². The molecular formula is C19H33N3O4. The lowest BCUT2D eigenvalue weighted by molar-refractivity contribution is -0.137. The average molecular weight is 367 g/mol. The van der Waals surface area contributed by atoms with Gasteiger partial charge in [-0.3, -0.25) is 14.5 Å². The van der Waals surface area contributed by atoms with Gasteiger partial charge in [-0.15, -0.1) is 0 Å². The number of carbonyl (C=O) groups is 3. The quantitative estimate of drug-likeness (QED) is 0.811. The van der Waals surface area contributed by atoms with Crippen LogP contribution >= 0.6 is 0 Å². The van der Waals surface area contributed by atoms with Crippen molar-refractivity contribution in [3.63, 3.8) is 0 Å². The number of carbonyl (C=O) groups excluding carboxylic acids is 3. The molecule has 0 aromatic carbocycles. The predicted octanol–water partition coefficient (Wildman–Crippen LogP) is 2.15. The summed E-state index contributed by atoms with van der Waals surface area (Å²) < 4.78 is 5.53. The number of nitrogens with one attached hydrogen (secondary N) is 1. The fraction of sp³-hybridized carbons (Fsp3) is 0.842. The minimum Gasteiger partial charge on any atom is -0.444 e. The van der Waals surface area contributed by atoms with E-state index in [2.05, 4.69) is 5.32 Å². The highest BCUT2D eigenvalue weighted by Crippen LogP contribution is 2.36. The number of likely N-dealkylation sites (tertiary alicyclic amines) is 2. The summed E-state index contributed by atoms with van der Waals surface area (Å²) in [6.45, 7) is 10.5. The molecule has 0 spiro atoms. The summed E-state index contributed by atoms with van der Waals surface area (Å²) in [6.07, 6.45) is 2.34. The Morgan fingerprint density at radius 2 is 1.92 bits per heavy atom. The minimum atomic E-state index is -0.605. The van der Waals surface area contributed by atoms with Crippen LogP contribution in [0.3, 0.4) is 0 Å². The lowest BCUT2D eigenvalue weighted by atomic mass is 9.76. The first kappa shape index (κ1) is 20.5. The summed E-state index contributed by atoms with van der Waals surface area (Å²) in [7, 11) is 1.75. The molecule has 0 aromatic rings. The van der Waals surface area contributed by atoms with Gasteiger partial charge in [0.25, 0.3) is 0 Å². The number of nitrogens with zero attached hydrogens (tertiary/aromatic N) is 2. The summed E-state index contributed by atoms with van der Waals surface area (Å²) in [6, 6.07) is -0.655. The van der Waals surface area contributed by atoms with Crippen molar-refractivity contribution in [2.45, 2.75) is 78.0 Å². The second-order valence-electron chi connectivity index (χ2n) is 9.19. The summed E-state index contributed by atoms with van der Waals surface area (Å²) in [5.41, 5.74) is -0.943. The van der Waals surface area contributed by atoms with Gasteiger partial charge < -0.3 is 15.0 Å². The molecule has 0 saturated carbocycles. The molecule has 2 saturated heterocycles. The van der Waals surface area contributed by atoms with Crippen LogP contribution in [0.4, 0.5) is 4.79 Å². The summed E-state index contributed by atoms with van der Waals surface area (Å²) in [5, 5.41) is 3.06. The zero-order valence-corrected chi connectivity index (χ0v) is 16.9. The normalized spacial score (nSPS) is 26.5. The van der Waals surface area contributed by atoms with Gasteiger partial charge in [0, 0.05) is 32.6 Å². The largest absolute Gasteiger partial charge is 0.444 e. The van der Waals surface area contributed by atoms with E-state index >= 15 is 0 Å². The number of hydrogen-bond acceptors (Lipinski definition) is 4. The van der Waals surface area contributed by atoms with Crippen molar-refractivity contribution in [1.29, 1.82) is 0 Å². The Kier molecular flexibility index (Phi) is 5.88. The molecular weight excluding hydrogens is 334 g/mol. The first-order chi connectivity index (χ1) is 11.9. The van der Waals surface area contributed by atoms with E-state index in [1.165, 1.54) is 0 Å². The molecule has 0 bridgehead atoms. The van der Waals surface area contributed by atoms with Crippen LogP contribution in [0.25, 0.3) is 0 Å². The van der Waals surface area contributed by atoms with Gasteiger partial charge in [-0.05, 0) is 45.4 Å². The van der Waals surface area contributed by atoms with E-state index in [0.29, 0.717) is 25.9 Å². The fourth-order valence-electron chi connectivity index (χ4n) is 3.82. The van der Waals surface area contributed by atoms with E-state index in [0.717, 1.165) is 12.8 Å². The highest BCUT2D eigenvalue weighted by molar-refractivity contribution is 5.87. The molecule has 2 atom stereocenters. The van der Waals surface area contributed by atoms with Gasteiger partial charge in [-0.1, -0.05) is 13.8 Å². The molecule has 148 valence electrons. The van der Waals surface area contributed by atoms with Crippen molar-refractivity contribution >= 4 is 17.9 Å². The molecule has 7 nitrogen and oxygen atoms in total. The maximum Gasteiger partial charge on any atom is 0.410 e. The van der Waals surface area contributed by atoms with E-state index in [9.17, 15) is 14.4 Å². The predicted molar refractivity (Wildman–Crippen MR) is 98.5 cm³/mol. The minimum absolute atomic E-state index is 0.0802. The van der Waals surface area contributed by atoms with Crippen molar-refractivity contribution in [3.8, 4) is 0 Å². The molecule has 2 fully saturated rings. The number of amides is 3. The summed E-state index contributed by atoms with van der Waals surface area (Å²) in [5.74, 6) is -0.0582. The van der Waals surface area contributed by atoms with Crippen molar-refractivity contribution < 1.29 is 19.1 Å². The molecule has 26 heavy (non-hydrogen) atoms. The van der Waals surface area contributed by atoms with Gasteiger partial charge in [-0.2, -0.15) is 0 Å². The maximum absolute atomic E-state index is 13.1. The van der Waals surface area contributed by atoms with E-state index in [4.69, 9.17) is 4.74 Å². The van der Waals surface area contributed by atoms with E-state index in [1.807, 2.05) is 34.6 Å². The number of rotatable bonds is 2. The Bertz CT molecular complexity index is 568. The molecule has 7 heteroatoms. The second-order valence-corrected chi connectivity index (χ2v) is 9.19. The van der Waals surface area contributed by atoms with Gasteiger partial charge in [0.2, 0.25) is 11.8 Å². The first-order valence-corrected chi connectivity index (χ1v) is 9.45. The standard InChI is InChI=1S/C19H33N3O4/c1-18(2,3)26-17(25)22-11-7-10-19(4,5)15(22)16(24)20-13-8-9-14(23)21(6)12-13/h13,15H,7-12H2,1-6H3,(H,20,24)/t13-,15-/m0/s1. The Morgan fingerprint density at radius 1 is 1.27 bits per heavy atom. The Morgan fingerprint density at radius 3 is 2.50 bits per heavy atom. The van der Waals surface area contributed by atoms with Crippen LogP contribution in [0, 0.1) is 5.41 Å². The lowest BCUT2D eigenvalue weighted by Gasteiger charge is -2.46.